The van der Waals surface area contributed by atoms with Crippen molar-refractivity contribution in [2.75, 3.05) is 6.61 Å². The van der Waals surface area contributed by atoms with Gasteiger partial charge in [0.1, 0.15) is 0 Å². The number of rotatable bonds is 4. The minimum Gasteiger partial charge on any atom is -0.460 e. The Morgan fingerprint density at radius 3 is 2.81 bits per heavy atom. The van der Waals surface area contributed by atoms with Gasteiger partial charge in [-0.1, -0.05) is 11.6 Å². The van der Waals surface area contributed by atoms with Crippen LogP contribution in [-0.4, -0.2) is 17.6 Å². The van der Waals surface area contributed by atoms with E-state index in [1.807, 2.05) is 13.0 Å². The smallest absolute Gasteiger partial charge is 0.376 e. The van der Waals surface area contributed by atoms with Crippen LogP contribution in [0.25, 0.3) is 11.5 Å². The van der Waals surface area contributed by atoms with Crippen molar-refractivity contribution >= 4 is 21.9 Å². The Labute approximate surface area is 128 Å². The number of hydrogen-bond donors (Lipinski definition) is 0. The Morgan fingerprint density at radius 2 is 2.19 bits per heavy atom. The van der Waals surface area contributed by atoms with E-state index in [1.165, 1.54) is 0 Å². The van der Waals surface area contributed by atoms with Gasteiger partial charge >= 0.3 is 5.97 Å². The first-order valence-electron chi connectivity index (χ1n) is 6.16. The molecular weight excluding hydrogens is 348 g/mol. The maximum atomic E-state index is 13.0. The van der Waals surface area contributed by atoms with Crippen molar-refractivity contribution in [1.29, 1.82) is 0 Å². The van der Waals surface area contributed by atoms with Gasteiger partial charge in [0, 0.05) is 4.47 Å². The summed E-state index contributed by atoms with van der Waals surface area (Å²) in [4.78, 5) is 15.4. The number of aromatic nitrogens is 1. The number of alkyl halides is 2. The number of carbonyl (C=O) groups is 1. The van der Waals surface area contributed by atoms with Crippen LogP contribution >= 0.6 is 15.9 Å². The Morgan fingerprint density at radius 1 is 1.48 bits per heavy atom. The van der Waals surface area contributed by atoms with Gasteiger partial charge in [0.25, 0.3) is 6.43 Å². The molecule has 0 N–H and O–H groups in total. The summed E-state index contributed by atoms with van der Waals surface area (Å²) in [6.45, 7) is 3.49. The molecule has 4 nitrogen and oxygen atoms in total. The Kier molecular flexibility index (Phi) is 4.72. The molecule has 0 saturated heterocycles. The van der Waals surface area contributed by atoms with Gasteiger partial charge in [-0.05, 0) is 41.9 Å². The molecule has 0 aliphatic rings. The summed E-state index contributed by atoms with van der Waals surface area (Å²) < 4.78 is 36.5. The molecule has 0 spiro atoms. The standard InChI is InChI=1S/C14H12BrF2NO3/c1-3-20-14(19)11-10(12(16)17)18-13(21-11)8-6-7(2)4-5-9(8)15/h4-6,12H,3H2,1-2H3. The fraction of sp³-hybridized carbons (Fsp3) is 0.286. The van der Waals surface area contributed by atoms with Crippen LogP contribution in [0.4, 0.5) is 8.78 Å². The van der Waals surface area contributed by atoms with Gasteiger partial charge in [-0.15, -0.1) is 0 Å². The molecular formula is C14H12BrF2NO3. The fourth-order valence-corrected chi connectivity index (χ4v) is 2.16. The van der Waals surface area contributed by atoms with Crippen molar-refractivity contribution in [3.05, 3.63) is 39.7 Å². The van der Waals surface area contributed by atoms with Gasteiger partial charge in [-0.2, -0.15) is 0 Å². The van der Waals surface area contributed by atoms with E-state index in [1.54, 1.807) is 19.1 Å². The van der Waals surface area contributed by atoms with E-state index >= 15 is 0 Å². The second-order valence-electron chi connectivity index (χ2n) is 4.24. The number of esters is 1. The molecule has 21 heavy (non-hydrogen) atoms. The lowest BCUT2D eigenvalue weighted by Crippen LogP contribution is -2.06. The number of oxazole rings is 1. The average molecular weight is 360 g/mol. The van der Waals surface area contributed by atoms with Gasteiger partial charge in [-0.3, -0.25) is 0 Å². The summed E-state index contributed by atoms with van der Waals surface area (Å²) in [5.74, 6) is -1.56. The van der Waals surface area contributed by atoms with Crippen LogP contribution in [0.5, 0.6) is 0 Å². The van der Waals surface area contributed by atoms with E-state index in [0.29, 0.717) is 10.0 Å². The highest BCUT2D eigenvalue weighted by Gasteiger charge is 2.28. The third-order valence-corrected chi connectivity index (χ3v) is 3.36. The van der Waals surface area contributed by atoms with Crippen molar-refractivity contribution in [3.63, 3.8) is 0 Å². The Hall–Kier alpha value is -1.76. The summed E-state index contributed by atoms with van der Waals surface area (Å²) in [7, 11) is 0. The highest BCUT2D eigenvalue weighted by molar-refractivity contribution is 9.10. The van der Waals surface area contributed by atoms with Crippen LogP contribution in [0, 0.1) is 6.92 Å². The summed E-state index contributed by atoms with van der Waals surface area (Å²) in [5, 5.41) is 0. The number of carbonyl (C=O) groups excluding carboxylic acids is 1. The molecule has 1 aromatic heterocycles. The summed E-state index contributed by atoms with van der Waals surface area (Å²) in [5.41, 5.74) is 0.687. The molecule has 112 valence electrons. The van der Waals surface area contributed by atoms with Crippen molar-refractivity contribution in [2.45, 2.75) is 20.3 Å². The van der Waals surface area contributed by atoms with Crippen LogP contribution in [-0.2, 0) is 4.74 Å². The molecule has 0 aliphatic heterocycles. The summed E-state index contributed by atoms with van der Waals surface area (Å²) in [6, 6.07) is 5.32. The van der Waals surface area contributed by atoms with E-state index in [2.05, 4.69) is 20.9 Å². The van der Waals surface area contributed by atoms with Gasteiger partial charge < -0.3 is 9.15 Å². The van der Waals surface area contributed by atoms with Crippen molar-refractivity contribution < 1.29 is 22.7 Å². The van der Waals surface area contributed by atoms with Crippen LogP contribution in [0.3, 0.4) is 0 Å². The molecule has 1 aromatic carbocycles. The maximum Gasteiger partial charge on any atom is 0.376 e. The van der Waals surface area contributed by atoms with Crippen molar-refractivity contribution in [2.24, 2.45) is 0 Å². The molecule has 0 saturated carbocycles. The van der Waals surface area contributed by atoms with Gasteiger partial charge in [-0.25, -0.2) is 18.6 Å². The fourth-order valence-electron chi connectivity index (χ4n) is 1.74. The molecule has 0 fully saturated rings. The zero-order valence-corrected chi connectivity index (χ0v) is 12.9. The number of benzene rings is 1. The number of aryl methyl sites for hydroxylation is 1. The zero-order valence-electron chi connectivity index (χ0n) is 11.3. The first kappa shape index (κ1) is 15.6. The molecule has 0 aliphatic carbocycles. The molecule has 7 heteroatoms. The van der Waals surface area contributed by atoms with Gasteiger partial charge in [0.2, 0.25) is 11.7 Å². The third-order valence-electron chi connectivity index (χ3n) is 2.67. The van der Waals surface area contributed by atoms with E-state index in [4.69, 9.17) is 9.15 Å². The monoisotopic (exact) mass is 359 g/mol. The largest absolute Gasteiger partial charge is 0.460 e. The van der Waals surface area contributed by atoms with E-state index < -0.39 is 23.8 Å². The predicted molar refractivity (Wildman–Crippen MR) is 75.3 cm³/mol. The molecule has 2 rings (SSSR count). The maximum absolute atomic E-state index is 13.0. The van der Waals surface area contributed by atoms with Crippen LogP contribution in [0.1, 0.15) is 35.2 Å². The quantitative estimate of drug-likeness (QED) is 0.752. The molecule has 0 bridgehead atoms. The van der Waals surface area contributed by atoms with Gasteiger partial charge in [0.15, 0.2) is 5.69 Å². The molecule has 0 amide bonds. The minimum atomic E-state index is -2.93. The average Bonchev–Trinajstić information content (AvgIpc) is 2.87. The highest BCUT2D eigenvalue weighted by Crippen LogP contribution is 2.33. The highest BCUT2D eigenvalue weighted by atomic mass is 79.9. The number of hydrogen-bond acceptors (Lipinski definition) is 4. The first-order chi connectivity index (χ1) is 9.93. The van der Waals surface area contributed by atoms with E-state index in [-0.39, 0.29) is 12.5 Å². The van der Waals surface area contributed by atoms with Crippen molar-refractivity contribution in [1.82, 2.24) is 4.98 Å². The van der Waals surface area contributed by atoms with E-state index in [9.17, 15) is 13.6 Å². The second kappa shape index (κ2) is 6.34. The normalized spacial score (nSPS) is 11.0. The second-order valence-corrected chi connectivity index (χ2v) is 5.09. The molecule has 0 atom stereocenters. The number of halogens is 3. The Bertz CT molecular complexity index is 670. The predicted octanol–water partition coefficient (Wildman–Crippen LogP) is 4.53. The Balaban J connectivity index is 2.53. The lowest BCUT2D eigenvalue weighted by atomic mass is 10.1. The third kappa shape index (κ3) is 3.29. The first-order valence-corrected chi connectivity index (χ1v) is 6.95. The van der Waals surface area contributed by atoms with E-state index in [0.717, 1.165) is 5.56 Å². The zero-order chi connectivity index (χ0) is 15.6. The lowest BCUT2D eigenvalue weighted by molar-refractivity contribution is 0.0476. The topological polar surface area (TPSA) is 52.3 Å². The molecule has 2 aromatic rings. The number of ether oxygens (including phenoxy) is 1. The minimum absolute atomic E-state index is 0.0519. The van der Waals surface area contributed by atoms with Gasteiger partial charge in [0.05, 0.1) is 12.2 Å². The SMILES string of the molecule is CCOC(=O)c1oc(-c2cc(C)ccc2Br)nc1C(F)F. The summed E-state index contributed by atoms with van der Waals surface area (Å²) >= 11 is 3.30. The van der Waals surface area contributed by atoms with Crippen LogP contribution < -0.4 is 0 Å². The van der Waals surface area contributed by atoms with Crippen LogP contribution in [0.2, 0.25) is 0 Å². The lowest BCUT2D eigenvalue weighted by Gasteiger charge is -2.01. The molecule has 1 heterocycles. The summed E-state index contributed by atoms with van der Waals surface area (Å²) in [6.07, 6.45) is -2.93. The molecule has 0 radical (unpaired) electrons. The number of nitrogens with zero attached hydrogens (tertiary/aromatic N) is 1. The molecule has 0 unspecified atom stereocenters. The van der Waals surface area contributed by atoms with Crippen LogP contribution in [0.15, 0.2) is 27.1 Å². The van der Waals surface area contributed by atoms with Crippen molar-refractivity contribution in [3.8, 4) is 11.5 Å².